The summed E-state index contributed by atoms with van der Waals surface area (Å²) in [6.07, 6.45) is 2.79. The molecular weight excluding hydrogens is 343 g/mol. The van der Waals surface area contributed by atoms with Crippen molar-refractivity contribution in [2.45, 2.75) is 24.3 Å². The predicted molar refractivity (Wildman–Crippen MR) is 93.1 cm³/mol. The summed E-state index contributed by atoms with van der Waals surface area (Å²) in [5.74, 6) is -0.940. The predicted octanol–water partition coefficient (Wildman–Crippen LogP) is 3.62. The summed E-state index contributed by atoms with van der Waals surface area (Å²) in [5, 5.41) is 0. The van der Waals surface area contributed by atoms with Crippen molar-refractivity contribution in [3.05, 3.63) is 59.9 Å². The van der Waals surface area contributed by atoms with Crippen molar-refractivity contribution >= 4 is 21.4 Å². The lowest BCUT2D eigenvalue weighted by Crippen LogP contribution is -2.17. The maximum Gasteiger partial charge on any atom is 0.339 e. The second kappa shape index (κ2) is 5.81. The molecule has 6 heteroatoms. The molecule has 1 aliphatic rings. The quantitative estimate of drug-likeness (QED) is 0.785. The first kappa shape index (κ1) is 17.4. The van der Waals surface area contributed by atoms with Gasteiger partial charge in [0.25, 0.3) is 0 Å². The monoisotopic (exact) mass is 360 g/mol. The molecule has 0 spiro atoms. The molecule has 0 fully saturated rings. The van der Waals surface area contributed by atoms with E-state index >= 15 is 0 Å². The third kappa shape index (κ3) is 3.49. The topological polar surface area (TPSA) is 60.4 Å². The first-order chi connectivity index (χ1) is 11.6. The van der Waals surface area contributed by atoms with E-state index in [4.69, 9.17) is 4.74 Å². The molecule has 0 saturated carbocycles. The molecule has 0 saturated heterocycles. The zero-order chi connectivity index (χ0) is 18.4. The summed E-state index contributed by atoms with van der Waals surface area (Å²) in [6, 6.07) is 10.3. The van der Waals surface area contributed by atoms with Gasteiger partial charge in [0.2, 0.25) is 0 Å². The molecule has 2 aromatic rings. The number of benzene rings is 2. The number of ether oxygens (including phenoxy) is 1. The normalized spacial score (nSPS) is 16.5. The van der Waals surface area contributed by atoms with Crippen LogP contribution in [-0.2, 0) is 19.4 Å². The molecule has 0 bridgehead atoms. The highest BCUT2D eigenvalue weighted by molar-refractivity contribution is 7.90. The molecule has 1 heterocycles. The van der Waals surface area contributed by atoms with Crippen molar-refractivity contribution < 1.29 is 22.3 Å². The van der Waals surface area contributed by atoms with Crippen LogP contribution in [0.4, 0.5) is 4.39 Å². The number of cyclic esters (lactones) is 1. The van der Waals surface area contributed by atoms with Gasteiger partial charge >= 0.3 is 5.97 Å². The maximum atomic E-state index is 13.6. The van der Waals surface area contributed by atoms with Crippen LogP contribution in [-0.4, -0.2) is 26.2 Å². The molecule has 2 aromatic carbocycles. The van der Waals surface area contributed by atoms with Gasteiger partial charge in [-0.2, -0.15) is 0 Å². The Morgan fingerprint density at radius 1 is 1.04 bits per heavy atom. The molecule has 0 aromatic heterocycles. The Kier molecular flexibility index (Phi) is 4.03. The van der Waals surface area contributed by atoms with Crippen molar-refractivity contribution in [1.82, 2.24) is 0 Å². The Balaban J connectivity index is 2.23. The fourth-order valence-corrected chi connectivity index (χ4v) is 3.73. The smallest absolute Gasteiger partial charge is 0.339 e. The molecule has 3 rings (SSSR count). The van der Waals surface area contributed by atoms with Gasteiger partial charge in [-0.05, 0) is 55.3 Å². The molecular formula is C19H17FO4S. The number of carbonyl (C=O) groups excluding carboxylic acids is 1. The number of sulfone groups is 1. The Morgan fingerprint density at radius 3 is 2.32 bits per heavy atom. The molecule has 0 amide bonds. The van der Waals surface area contributed by atoms with E-state index in [1.54, 1.807) is 38.1 Å². The number of esters is 1. The molecule has 0 aliphatic carbocycles. The van der Waals surface area contributed by atoms with Crippen LogP contribution in [0.5, 0.6) is 0 Å². The standard InChI is InChI=1S/C19H17FO4S/c1-19(2)11-16(18(21)24-19)13-7-8-17(25(3,22)23)15(10-13)12-5-4-6-14(20)9-12/h4-11H,1-3H3. The van der Waals surface area contributed by atoms with E-state index in [9.17, 15) is 17.6 Å². The van der Waals surface area contributed by atoms with Crippen LogP contribution >= 0.6 is 0 Å². The van der Waals surface area contributed by atoms with Crippen molar-refractivity contribution in [3.63, 3.8) is 0 Å². The zero-order valence-electron chi connectivity index (χ0n) is 14.0. The molecule has 130 valence electrons. The van der Waals surface area contributed by atoms with Gasteiger partial charge in [-0.25, -0.2) is 17.6 Å². The molecule has 0 atom stereocenters. The molecule has 0 radical (unpaired) electrons. The summed E-state index contributed by atoms with van der Waals surface area (Å²) >= 11 is 0. The lowest BCUT2D eigenvalue weighted by Gasteiger charge is -2.12. The van der Waals surface area contributed by atoms with Crippen LogP contribution in [0.15, 0.2) is 53.4 Å². The number of hydrogen-bond acceptors (Lipinski definition) is 4. The summed E-state index contributed by atoms with van der Waals surface area (Å²) in [5.41, 5.74) is 0.942. The molecule has 0 unspecified atom stereocenters. The maximum absolute atomic E-state index is 13.6. The van der Waals surface area contributed by atoms with Crippen molar-refractivity contribution in [2.24, 2.45) is 0 Å². The second-order valence-electron chi connectivity index (χ2n) is 6.54. The van der Waals surface area contributed by atoms with Crippen LogP contribution in [0.3, 0.4) is 0 Å². The molecule has 1 aliphatic heterocycles. The highest BCUT2D eigenvalue weighted by Crippen LogP contribution is 2.35. The Morgan fingerprint density at radius 2 is 1.76 bits per heavy atom. The van der Waals surface area contributed by atoms with Crippen molar-refractivity contribution in [3.8, 4) is 11.1 Å². The van der Waals surface area contributed by atoms with E-state index in [2.05, 4.69) is 0 Å². The van der Waals surface area contributed by atoms with E-state index in [1.807, 2.05) is 0 Å². The first-order valence-electron chi connectivity index (χ1n) is 7.63. The number of carbonyl (C=O) groups is 1. The minimum Gasteiger partial charge on any atom is -0.452 e. The van der Waals surface area contributed by atoms with Crippen LogP contribution in [0.2, 0.25) is 0 Å². The van der Waals surface area contributed by atoms with Gasteiger partial charge in [-0.1, -0.05) is 18.2 Å². The van der Waals surface area contributed by atoms with Gasteiger partial charge in [0.15, 0.2) is 9.84 Å². The lowest BCUT2D eigenvalue weighted by molar-refractivity contribution is -0.142. The largest absolute Gasteiger partial charge is 0.452 e. The van der Waals surface area contributed by atoms with Gasteiger partial charge < -0.3 is 4.74 Å². The SMILES string of the molecule is CC1(C)C=C(c2ccc(S(C)(=O)=O)c(-c3cccc(F)c3)c2)C(=O)O1. The average molecular weight is 360 g/mol. The number of hydrogen-bond donors (Lipinski definition) is 0. The van der Waals surface area contributed by atoms with Gasteiger partial charge in [-0.3, -0.25) is 0 Å². The average Bonchev–Trinajstić information content (AvgIpc) is 2.78. The van der Waals surface area contributed by atoms with Crippen LogP contribution in [0, 0.1) is 5.82 Å². The summed E-state index contributed by atoms with van der Waals surface area (Å²) in [4.78, 5) is 12.2. The van der Waals surface area contributed by atoms with E-state index in [-0.39, 0.29) is 4.90 Å². The third-order valence-electron chi connectivity index (χ3n) is 3.89. The molecule has 4 nitrogen and oxygen atoms in total. The van der Waals surface area contributed by atoms with E-state index in [0.717, 1.165) is 6.26 Å². The van der Waals surface area contributed by atoms with Crippen LogP contribution in [0.1, 0.15) is 19.4 Å². The molecule has 25 heavy (non-hydrogen) atoms. The lowest BCUT2D eigenvalue weighted by atomic mass is 9.97. The van der Waals surface area contributed by atoms with Crippen LogP contribution < -0.4 is 0 Å². The minimum absolute atomic E-state index is 0.0769. The van der Waals surface area contributed by atoms with Crippen molar-refractivity contribution in [2.75, 3.05) is 6.26 Å². The van der Waals surface area contributed by atoms with Crippen molar-refractivity contribution in [1.29, 1.82) is 0 Å². The minimum atomic E-state index is -3.53. The van der Waals surface area contributed by atoms with E-state index in [0.29, 0.717) is 22.3 Å². The number of halogens is 1. The Labute approximate surface area is 145 Å². The third-order valence-corrected chi connectivity index (χ3v) is 5.05. The van der Waals surface area contributed by atoms with Gasteiger partial charge in [-0.15, -0.1) is 0 Å². The van der Waals surface area contributed by atoms with Gasteiger partial charge in [0.1, 0.15) is 11.4 Å². The van der Waals surface area contributed by atoms with Crippen LogP contribution in [0.25, 0.3) is 16.7 Å². The summed E-state index contributed by atoms with van der Waals surface area (Å²) < 4.78 is 43.1. The van der Waals surface area contributed by atoms with Gasteiger partial charge in [0, 0.05) is 11.8 Å². The zero-order valence-corrected chi connectivity index (χ0v) is 14.9. The first-order valence-corrected chi connectivity index (χ1v) is 9.53. The highest BCUT2D eigenvalue weighted by atomic mass is 32.2. The fraction of sp³-hybridized carbons (Fsp3) is 0.211. The summed E-state index contributed by atoms with van der Waals surface area (Å²) in [7, 11) is -3.53. The fourth-order valence-electron chi connectivity index (χ4n) is 2.83. The van der Waals surface area contributed by atoms with E-state index in [1.165, 1.54) is 24.3 Å². The Hall–Kier alpha value is -2.47. The highest BCUT2D eigenvalue weighted by Gasteiger charge is 2.32. The number of rotatable bonds is 3. The van der Waals surface area contributed by atoms with Gasteiger partial charge in [0.05, 0.1) is 10.5 Å². The van der Waals surface area contributed by atoms with E-state index < -0.39 is 27.2 Å². The molecule has 0 N–H and O–H groups in total. The summed E-state index contributed by atoms with van der Waals surface area (Å²) in [6.45, 7) is 3.52. The second-order valence-corrected chi connectivity index (χ2v) is 8.53. The Bertz CT molecular complexity index is 1000.